The van der Waals surface area contributed by atoms with E-state index in [0.29, 0.717) is 5.56 Å². The zero-order valence-corrected chi connectivity index (χ0v) is 9.71. The van der Waals surface area contributed by atoms with Crippen molar-refractivity contribution >= 4 is 5.78 Å². The zero-order chi connectivity index (χ0) is 12.3. The van der Waals surface area contributed by atoms with Crippen LogP contribution in [0.25, 0.3) is 0 Å². The Balaban J connectivity index is 3.27. The molecular weight excluding hydrogens is 209 g/mol. The van der Waals surface area contributed by atoms with E-state index >= 15 is 0 Å². The van der Waals surface area contributed by atoms with Gasteiger partial charge >= 0.3 is 0 Å². The normalized spacial score (nSPS) is 14.3. The van der Waals surface area contributed by atoms with Gasteiger partial charge in [0.25, 0.3) is 0 Å². The van der Waals surface area contributed by atoms with Gasteiger partial charge in [-0.3, -0.25) is 4.79 Å². The molecule has 16 heavy (non-hydrogen) atoms. The summed E-state index contributed by atoms with van der Waals surface area (Å²) in [6.45, 7) is 3.39. The number of hydrogen-bond donors (Lipinski definition) is 1. The summed E-state index contributed by atoms with van der Waals surface area (Å²) in [5.41, 5.74) is 5.49. The molecule has 1 unspecified atom stereocenters. The van der Waals surface area contributed by atoms with Crippen molar-refractivity contribution in [2.75, 3.05) is 13.7 Å². The number of benzene rings is 1. The van der Waals surface area contributed by atoms with Crippen LogP contribution in [-0.4, -0.2) is 19.4 Å². The van der Waals surface area contributed by atoms with Gasteiger partial charge in [0.2, 0.25) is 0 Å². The van der Waals surface area contributed by atoms with Gasteiger partial charge in [-0.1, -0.05) is 6.07 Å². The van der Waals surface area contributed by atoms with Crippen LogP contribution in [0, 0.1) is 5.82 Å². The molecule has 0 saturated heterocycles. The first-order valence-corrected chi connectivity index (χ1v) is 5.01. The lowest BCUT2D eigenvalue weighted by molar-refractivity contribution is -0.121. The summed E-state index contributed by atoms with van der Waals surface area (Å²) in [6.07, 6.45) is 0. The third kappa shape index (κ3) is 2.07. The molecule has 2 N–H and O–H groups in total. The van der Waals surface area contributed by atoms with Crippen LogP contribution in [0.15, 0.2) is 18.2 Å². The summed E-state index contributed by atoms with van der Waals surface area (Å²) in [7, 11) is 1.38. The summed E-state index contributed by atoms with van der Waals surface area (Å²) in [4.78, 5) is 11.6. The topological polar surface area (TPSA) is 52.3 Å². The van der Waals surface area contributed by atoms with Crippen LogP contribution in [0.4, 0.5) is 4.39 Å². The second kappa shape index (κ2) is 4.61. The van der Waals surface area contributed by atoms with E-state index in [0.717, 1.165) is 0 Å². The molecule has 0 aliphatic heterocycles. The Morgan fingerprint density at radius 2 is 2.19 bits per heavy atom. The van der Waals surface area contributed by atoms with Crippen LogP contribution in [0.2, 0.25) is 0 Å². The predicted molar refractivity (Wildman–Crippen MR) is 60.0 cm³/mol. The molecule has 1 rings (SSSR count). The first-order chi connectivity index (χ1) is 7.45. The van der Waals surface area contributed by atoms with E-state index in [1.165, 1.54) is 26.2 Å². The van der Waals surface area contributed by atoms with Gasteiger partial charge in [-0.25, -0.2) is 4.39 Å². The van der Waals surface area contributed by atoms with Crippen LogP contribution in [0.1, 0.15) is 19.4 Å². The Kier molecular flexibility index (Phi) is 3.65. The largest absolute Gasteiger partial charge is 0.494 e. The van der Waals surface area contributed by atoms with Crippen molar-refractivity contribution < 1.29 is 13.9 Å². The molecule has 0 radical (unpaired) electrons. The summed E-state index contributed by atoms with van der Waals surface area (Å²) < 4.78 is 18.1. The van der Waals surface area contributed by atoms with Gasteiger partial charge in [0, 0.05) is 6.54 Å². The van der Waals surface area contributed by atoms with Gasteiger partial charge in [-0.15, -0.1) is 0 Å². The number of hydrogen-bond acceptors (Lipinski definition) is 3. The quantitative estimate of drug-likeness (QED) is 0.847. The molecule has 0 fully saturated rings. The Labute approximate surface area is 94.4 Å². The SMILES string of the molecule is COc1cc(C(C)(CN)C(C)=O)ccc1F. The number of ketones is 1. The van der Waals surface area contributed by atoms with Gasteiger partial charge in [0.15, 0.2) is 11.6 Å². The second-order valence-electron chi connectivity index (χ2n) is 3.94. The zero-order valence-electron chi connectivity index (χ0n) is 9.71. The molecule has 0 aliphatic carbocycles. The van der Waals surface area contributed by atoms with Crippen molar-refractivity contribution in [1.82, 2.24) is 0 Å². The second-order valence-corrected chi connectivity index (χ2v) is 3.94. The van der Waals surface area contributed by atoms with E-state index in [1.807, 2.05) is 0 Å². The van der Waals surface area contributed by atoms with Gasteiger partial charge in [-0.2, -0.15) is 0 Å². The van der Waals surface area contributed by atoms with Crippen LogP contribution >= 0.6 is 0 Å². The fourth-order valence-electron chi connectivity index (χ4n) is 1.47. The molecule has 0 heterocycles. The van der Waals surface area contributed by atoms with Crippen molar-refractivity contribution in [3.8, 4) is 5.75 Å². The number of nitrogens with two attached hydrogens (primary N) is 1. The Bertz CT molecular complexity index is 406. The van der Waals surface area contributed by atoms with E-state index in [2.05, 4.69) is 0 Å². The summed E-state index contributed by atoms with van der Waals surface area (Å²) in [5.74, 6) is -0.378. The van der Waals surface area contributed by atoms with Crippen molar-refractivity contribution in [1.29, 1.82) is 0 Å². The molecule has 0 aliphatic rings. The van der Waals surface area contributed by atoms with Gasteiger partial charge < -0.3 is 10.5 Å². The van der Waals surface area contributed by atoms with E-state index in [4.69, 9.17) is 10.5 Å². The Morgan fingerprint density at radius 3 is 2.62 bits per heavy atom. The van der Waals surface area contributed by atoms with Crippen LogP contribution < -0.4 is 10.5 Å². The Morgan fingerprint density at radius 1 is 1.56 bits per heavy atom. The minimum Gasteiger partial charge on any atom is -0.494 e. The Hall–Kier alpha value is -1.42. The summed E-state index contributed by atoms with van der Waals surface area (Å²) >= 11 is 0. The highest BCUT2D eigenvalue weighted by Crippen LogP contribution is 2.28. The standard InChI is InChI=1S/C12H16FNO2/c1-8(15)12(2,7-14)9-4-5-10(13)11(6-9)16-3/h4-6H,7,14H2,1-3H3. The lowest BCUT2D eigenvalue weighted by atomic mass is 9.79. The van der Waals surface area contributed by atoms with E-state index < -0.39 is 11.2 Å². The lowest BCUT2D eigenvalue weighted by Gasteiger charge is -2.25. The number of Topliss-reactive ketones (excluding diaryl/α,β-unsaturated/α-hetero) is 1. The molecule has 4 heteroatoms. The maximum Gasteiger partial charge on any atom is 0.165 e. The highest BCUT2D eigenvalue weighted by Gasteiger charge is 2.31. The van der Waals surface area contributed by atoms with Crippen molar-refractivity contribution in [2.24, 2.45) is 5.73 Å². The molecule has 1 aromatic carbocycles. The van der Waals surface area contributed by atoms with Crippen LogP contribution in [0.5, 0.6) is 5.75 Å². The summed E-state index contributed by atoms with van der Waals surface area (Å²) in [6, 6.07) is 4.36. The third-order valence-corrected chi connectivity index (χ3v) is 2.97. The number of halogens is 1. The van der Waals surface area contributed by atoms with E-state index in [-0.39, 0.29) is 18.1 Å². The van der Waals surface area contributed by atoms with Gasteiger partial charge in [0.1, 0.15) is 5.78 Å². The number of methoxy groups -OCH3 is 1. The number of carbonyl (C=O) groups is 1. The first-order valence-electron chi connectivity index (χ1n) is 5.01. The molecule has 0 amide bonds. The smallest absolute Gasteiger partial charge is 0.165 e. The van der Waals surface area contributed by atoms with Crippen LogP contribution in [0.3, 0.4) is 0 Å². The summed E-state index contributed by atoms with van der Waals surface area (Å²) in [5, 5.41) is 0. The number of ether oxygens (including phenoxy) is 1. The molecule has 0 saturated carbocycles. The molecule has 0 bridgehead atoms. The monoisotopic (exact) mass is 225 g/mol. The number of carbonyl (C=O) groups excluding carboxylic acids is 1. The fraction of sp³-hybridized carbons (Fsp3) is 0.417. The molecule has 0 spiro atoms. The lowest BCUT2D eigenvalue weighted by Crippen LogP contribution is -2.38. The molecule has 0 aromatic heterocycles. The van der Waals surface area contributed by atoms with Crippen molar-refractivity contribution in [3.63, 3.8) is 0 Å². The molecule has 1 atom stereocenters. The van der Waals surface area contributed by atoms with Gasteiger partial charge in [0.05, 0.1) is 12.5 Å². The van der Waals surface area contributed by atoms with E-state index in [1.54, 1.807) is 13.0 Å². The maximum atomic E-state index is 13.2. The minimum atomic E-state index is -0.791. The first kappa shape index (κ1) is 12.6. The van der Waals surface area contributed by atoms with Gasteiger partial charge in [-0.05, 0) is 31.5 Å². The predicted octanol–water partition coefficient (Wildman–Crippen LogP) is 1.64. The van der Waals surface area contributed by atoms with Crippen LogP contribution in [-0.2, 0) is 10.2 Å². The minimum absolute atomic E-state index is 0.0522. The highest BCUT2D eigenvalue weighted by atomic mass is 19.1. The molecular formula is C12H16FNO2. The molecule has 88 valence electrons. The third-order valence-electron chi connectivity index (χ3n) is 2.97. The average molecular weight is 225 g/mol. The fourth-order valence-corrected chi connectivity index (χ4v) is 1.47. The maximum absolute atomic E-state index is 13.2. The molecule has 1 aromatic rings. The van der Waals surface area contributed by atoms with Crippen molar-refractivity contribution in [3.05, 3.63) is 29.6 Å². The van der Waals surface area contributed by atoms with E-state index in [9.17, 15) is 9.18 Å². The number of rotatable bonds is 4. The molecule has 3 nitrogen and oxygen atoms in total. The average Bonchev–Trinajstić information content (AvgIpc) is 2.28. The van der Waals surface area contributed by atoms with Crippen molar-refractivity contribution in [2.45, 2.75) is 19.3 Å². The highest BCUT2D eigenvalue weighted by molar-refractivity contribution is 5.88.